The van der Waals surface area contributed by atoms with Gasteiger partial charge in [-0.2, -0.15) is 18.4 Å². The SMILES string of the molecule is CCC(CC#N)N(C)CCC(F)(F)F. The monoisotopic (exact) mass is 208 g/mol. The Morgan fingerprint density at radius 3 is 2.36 bits per heavy atom. The van der Waals surface area contributed by atoms with Crippen LogP contribution in [0.15, 0.2) is 0 Å². The molecule has 0 radical (unpaired) electrons. The van der Waals surface area contributed by atoms with E-state index in [1.165, 1.54) is 0 Å². The van der Waals surface area contributed by atoms with Crippen molar-refractivity contribution in [2.24, 2.45) is 0 Å². The summed E-state index contributed by atoms with van der Waals surface area (Å²) in [5.74, 6) is 0. The summed E-state index contributed by atoms with van der Waals surface area (Å²) in [7, 11) is 1.62. The number of nitrogens with zero attached hydrogens (tertiary/aromatic N) is 2. The minimum absolute atomic E-state index is 0.0380. The summed E-state index contributed by atoms with van der Waals surface area (Å²) in [6, 6.07) is 1.91. The quantitative estimate of drug-likeness (QED) is 0.694. The molecule has 1 unspecified atom stereocenters. The van der Waals surface area contributed by atoms with Crippen molar-refractivity contribution in [2.45, 2.75) is 38.4 Å². The molecule has 0 aromatic heterocycles. The fourth-order valence-electron chi connectivity index (χ4n) is 1.20. The van der Waals surface area contributed by atoms with Gasteiger partial charge in [0.05, 0.1) is 18.9 Å². The number of hydrogen-bond donors (Lipinski definition) is 0. The second-order valence-electron chi connectivity index (χ2n) is 3.27. The number of hydrogen-bond acceptors (Lipinski definition) is 2. The van der Waals surface area contributed by atoms with Crippen LogP contribution in [0.5, 0.6) is 0 Å². The lowest BCUT2D eigenvalue weighted by Crippen LogP contribution is -2.33. The molecule has 0 aliphatic heterocycles. The van der Waals surface area contributed by atoms with E-state index in [0.29, 0.717) is 6.42 Å². The van der Waals surface area contributed by atoms with E-state index in [1.54, 1.807) is 11.9 Å². The zero-order valence-corrected chi connectivity index (χ0v) is 8.43. The van der Waals surface area contributed by atoms with Gasteiger partial charge >= 0.3 is 6.18 Å². The van der Waals surface area contributed by atoms with Crippen LogP contribution in [0.25, 0.3) is 0 Å². The van der Waals surface area contributed by atoms with Crippen LogP contribution in [0.4, 0.5) is 13.2 Å². The van der Waals surface area contributed by atoms with Gasteiger partial charge in [-0.15, -0.1) is 0 Å². The third-order valence-corrected chi connectivity index (χ3v) is 2.17. The lowest BCUT2D eigenvalue weighted by molar-refractivity contribution is -0.138. The number of halogens is 3. The molecule has 2 nitrogen and oxygen atoms in total. The molecule has 0 aliphatic carbocycles. The first-order valence-electron chi connectivity index (χ1n) is 4.54. The molecule has 0 amide bonds. The van der Waals surface area contributed by atoms with E-state index in [2.05, 4.69) is 0 Å². The Kier molecular flexibility index (Phi) is 5.55. The van der Waals surface area contributed by atoms with Crippen LogP contribution in [0.2, 0.25) is 0 Å². The highest BCUT2D eigenvalue weighted by atomic mass is 19.4. The number of rotatable bonds is 5. The van der Waals surface area contributed by atoms with Crippen molar-refractivity contribution in [3.05, 3.63) is 0 Å². The largest absolute Gasteiger partial charge is 0.390 e. The van der Waals surface area contributed by atoms with Gasteiger partial charge in [-0.25, -0.2) is 0 Å². The zero-order valence-electron chi connectivity index (χ0n) is 8.43. The molecule has 0 aliphatic rings. The maximum absolute atomic E-state index is 11.9. The van der Waals surface area contributed by atoms with Gasteiger partial charge in [-0.1, -0.05) is 6.92 Å². The minimum Gasteiger partial charge on any atom is -0.302 e. The van der Waals surface area contributed by atoms with Crippen molar-refractivity contribution in [3.8, 4) is 6.07 Å². The zero-order chi connectivity index (χ0) is 11.2. The predicted molar refractivity (Wildman–Crippen MR) is 47.6 cm³/mol. The van der Waals surface area contributed by atoms with E-state index in [0.717, 1.165) is 0 Å². The van der Waals surface area contributed by atoms with Crippen molar-refractivity contribution in [2.75, 3.05) is 13.6 Å². The van der Waals surface area contributed by atoms with E-state index in [1.807, 2.05) is 13.0 Å². The van der Waals surface area contributed by atoms with Crippen molar-refractivity contribution in [1.82, 2.24) is 4.90 Å². The van der Waals surface area contributed by atoms with Gasteiger partial charge < -0.3 is 4.90 Å². The van der Waals surface area contributed by atoms with Gasteiger partial charge in [0.25, 0.3) is 0 Å². The lowest BCUT2D eigenvalue weighted by atomic mass is 10.1. The topological polar surface area (TPSA) is 27.0 Å². The molecule has 14 heavy (non-hydrogen) atoms. The minimum atomic E-state index is -4.11. The Hall–Kier alpha value is -0.760. The highest BCUT2D eigenvalue weighted by molar-refractivity contribution is 4.80. The Balaban J connectivity index is 3.93. The van der Waals surface area contributed by atoms with Crippen LogP contribution in [-0.4, -0.2) is 30.7 Å². The first-order valence-corrected chi connectivity index (χ1v) is 4.54. The van der Waals surface area contributed by atoms with Crippen LogP contribution in [-0.2, 0) is 0 Å². The van der Waals surface area contributed by atoms with Crippen molar-refractivity contribution in [1.29, 1.82) is 5.26 Å². The van der Waals surface area contributed by atoms with Crippen LogP contribution in [0.3, 0.4) is 0 Å². The summed E-state index contributed by atoms with van der Waals surface area (Å²) in [5.41, 5.74) is 0. The van der Waals surface area contributed by atoms with Crippen molar-refractivity contribution < 1.29 is 13.2 Å². The van der Waals surface area contributed by atoms with Gasteiger partial charge in [-0.3, -0.25) is 0 Å². The second kappa shape index (κ2) is 5.86. The summed E-state index contributed by atoms with van der Waals surface area (Å²) >= 11 is 0. The third kappa shape index (κ3) is 5.81. The van der Waals surface area contributed by atoms with E-state index >= 15 is 0 Å². The van der Waals surface area contributed by atoms with Gasteiger partial charge in [0.1, 0.15) is 0 Å². The second-order valence-corrected chi connectivity index (χ2v) is 3.27. The summed E-state index contributed by atoms with van der Waals surface area (Å²) in [6.45, 7) is 1.83. The fourth-order valence-corrected chi connectivity index (χ4v) is 1.20. The molecule has 0 heterocycles. The maximum atomic E-state index is 11.9. The van der Waals surface area contributed by atoms with Gasteiger partial charge in [0.15, 0.2) is 0 Å². The summed E-state index contributed by atoms with van der Waals surface area (Å²) in [6.07, 6.45) is -3.95. The molecule has 5 heteroatoms. The molecule has 0 saturated carbocycles. The third-order valence-electron chi connectivity index (χ3n) is 2.17. The molecule has 0 spiro atoms. The molecular formula is C9H15F3N2. The van der Waals surface area contributed by atoms with Crippen molar-refractivity contribution >= 4 is 0 Å². The molecule has 0 rings (SSSR count). The van der Waals surface area contributed by atoms with Crippen molar-refractivity contribution in [3.63, 3.8) is 0 Å². The molecule has 0 N–H and O–H groups in total. The average molecular weight is 208 g/mol. The molecule has 82 valence electrons. The van der Waals surface area contributed by atoms with Crippen LogP contribution >= 0.6 is 0 Å². The molecular weight excluding hydrogens is 193 g/mol. The Bertz CT molecular complexity index is 195. The summed E-state index contributed by atoms with van der Waals surface area (Å²) < 4.78 is 35.6. The van der Waals surface area contributed by atoms with Crippen LogP contribution in [0, 0.1) is 11.3 Å². The Labute approximate surface area is 82.3 Å². The summed E-state index contributed by atoms with van der Waals surface area (Å²) in [4.78, 5) is 1.59. The Morgan fingerprint density at radius 1 is 1.43 bits per heavy atom. The van der Waals surface area contributed by atoms with Gasteiger partial charge in [-0.05, 0) is 13.5 Å². The van der Waals surface area contributed by atoms with Gasteiger partial charge in [0, 0.05) is 12.6 Å². The molecule has 0 bridgehead atoms. The molecule has 1 atom stereocenters. The maximum Gasteiger partial charge on any atom is 0.390 e. The number of alkyl halides is 3. The van der Waals surface area contributed by atoms with Gasteiger partial charge in [0.2, 0.25) is 0 Å². The summed E-state index contributed by atoms with van der Waals surface area (Å²) in [5, 5.41) is 8.45. The van der Waals surface area contributed by atoms with E-state index in [9.17, 15) is 13.2 Å². The molecule has 0 saturated heterocycles. The van der Waals surface area contributed by atoms with E-state index in [4.69, 9.17) is 5.26 Å². The number of nitriles is 1. The highest BCUT2D eigenvalue weighted by Crippen LogP contribution is 2.20. The Morgan fingerprint density at radius 2 is 2.00 bits per heavy atom. The fraction of sp³-hybridized carbons (Fsp3) is 0.889. The smallest absolute Gasteiger partial charge is 0.302 e. The molecule has 0 fully saturated rings. The van der Waals surface area contributed by atoms with Crippen LogP contribution < -0.4 is 0 Å². The lowest BCUT2D eigenvalue weighted by Gasteiger charge is -2.25. The average Bonchev–Trinajstić information content (AvgIpc) is 2.09. The first-order chi connectivity index (χ1) is 6.40. The molecule has 0 aromatic carbocycles. The van der Waals surface area contributed by atoms with Crippen LogP contribution in [0.1, 0.15) is 26.2 Å². The normalized spacial score (nSPS) is 14.1. The van der Waals surface area contributed by atoms with E-state index < -0.39 is 12.6 Å². The predicted octanol–water partition coefficient (Wildman–Crippen LogP) is 2.56. The first kappa shape index (κ1) is 13.2. The van der Waals surface area contributed by atoms with E-state index in [-0.39, 0.29) is 19.0 Å². The standard InChI is InChI=1S/C9H15F3N2/c1-3-8(4-6-13)14(2)7-5-9(10,11)12/h8H,3-5,7H2,1-2H3. The highest BCUT2D eigenvalue weighted by Gasteiger charge is 2.28. The molecule has 0 aromatic rings.